The molecule has 3 rings (SSSR count). The average molecular weight is 372 g/mol. The molecule has 0 amide bonds. The van der Waals surface area contributed by atoms with Crippen molar-refractivity contribution in [1.29, 1.82) is 0 Å². The van der Waals surface area contributed by atoms with E-state index in [0.717, 1.165) is 29.5 Å². The number of hydrogen-bond donors (Lipinski definition) is 1. The standard InChI is InChI=1S/C20H24N2O3S/c1-16-4-6-17(7-5-16)10-14-26(23,24)22-20(18-8-12-25-13-9-18)19-3-2-11-21-15-19/h2-7,10-11,14-15,18,20,22H,8-9,12-13H2,1H3/b14-10+. The number of pyridine rings is 1. The molecule has 0 radical (unpaired) electrons. The van der Waals surface area contributed by atoms with Crippen LogP contribution in [0.25, 0.3) is 6.08 Å². The van der Waals surface area contributed by atoms with Crippen LogP contribution in [-0.2, 0) is 14.8 Å². The van der Waals surface area contributed by atoms with Gasteiger partial charge in [-0.05, 0) is 49.0 Å². The third kappa shape index (κ3) is 5.24. The molecule has 5 nitrogen and oxygen atoms in total. The molecule has 6 heteroatoms. The lowest BCUT2D eigenvalue weighted by Gasteiger charge is -2.30. The number of benzene rings is 1. The minimum absolute atomic E-state index is 0.190. The van der Waals surface area contributed by atoms with Crippen LogP contribution in [0.3, 0.4) is 0 Å². The van der Waals surface area contributed by atoms with Crippen molar-refractivity contribution >= 4 is 16.1 Å². The topological polar surface area (TPSA) is 68.3 Å². The average Bonchev–Trinajstić information content (AvgIpc) is 2.67. The monoisotopic (exact) mass is 372 g/mol. The Hall–Kier alpha value is -2.02. The molecular formula is C20H24N2O3S. The Balaban J connectivity index is 1.79. The van der Waals surface area contributed by atoms with Crippen molar-refractivity contribution in [2.75, 3.05) is 13.2 Å². The molecule has 26 heavy (non-hydrogen) atoms. The first kappa shape index (κ1) is 18.8. The van der Waals surface area contributed by atoms with Crippen LogP contribution in [0.4, 0.5) is 0 Å². The summed E-state index contributed by atoms with van der Waals surface area (Å²) in [4.78, 5) is 4.15. The quantitative estimate of drug-likeness (QED) is 0.843. The number of aromatic nitrogens is 1. The molecule has 1 saturated heterocycles. The van der Waals surface area contributed by atoms with Crippen molar-refractivity contribution in [2.24, 2.45) is 5.92 Å². The number of ether oxygens (including phenoxy) is 1. The molecule has 0 saturated carbocycles. The van der Waals surface area contributed by atoms with Crippen LogP contribution in [0.15, 0.2) is 54.2 Å². The molecule has 1 aromatic heterocycles. The fourth-order valence-electron chi connectivity index (χ4n) is 3.11. The van der Waals surface area contributed by atoms with Gasteiger partial charge in [0.1, 0.15) is 0 Å². The highest BCUT2D eigenvalue weighted by Crippen LogP contribution is 2.30. The first-order valence-electron chi connectivity index (χ1n) is 8.78. The SMILES string of the molecule is Cc1ccc(/C=C/S(=O)(=O)NC(c2cccnc2)C2CCOCC2)cc1. The highest BCUT2D eigenvalue weighted by Gasteiger charge is 2.28. The summed E-state index contributed by atoms with van der Waals surface area (Å²) in [5, 5.41) is 1.24. The summed E-state index contributed by atoms with van der Waals surface area (Å²) in [6, 6.07) is 11.2. The molecule has 1 N–H and O–H groups in total. The Morgan fingerprint density at radius 1 is 1.19 bits per heavy atom. The normalized spacial score (nSPS) is 17.4. The van der Waals surface area contributed by atoms with E-state index >= 15 is 0 Å². The van der Waals surface area contributed by atoms with Gasteiger partial charge in [0.15, 0.2) is 0 Å². The van der Waals surface area contributed by atoms with Crippen molar-refractivity contribution in [3.8, 4) is 0 Å². The van der Waals surface area contributed by atoms with E-state index in [0.29, 0.717) is 13.2 Å². The molecule has 0 bridgehead atoms. The zero-order valence-electron chi connectivity index (χ0n) is 14.8. The highest BCUT2D eigenvalue weighted by atomic mass is 32.2. The lowest BCUT2D eigenvalue weighted by atomic mass is 9.88. The predicted molar refractivity (Wildman–Crippen MR) is 103 cm³/mol. The van der Waals surface area contributed by atoms with E-state index in [2.05, 4.69) is 9.71 Å². The summed E-state index contributed by atoms with van der Waals surface area (Å²) in [5.74, 6) is 0.190. The summed E-state index contributed by atoms with van der Waals surface area (Å²) in [5.41, 5.74) is 2.87. The lowest BCUT2D eigenvalue weighted by Crippen LogP contribution is -2.35. The number of hydrogen-bond acceptors (Lipinski definition) is 4. The van der Waals surface area contributed by atoms with Gasteiger partial charge in [-0.1, -0.05) is 35.9 Å². The van der Waals surface area contributed by atoms with Gasteiger partial charge in [0.2, 0.25) is 10.0 Å². The van der Waals surface area contributed by atoms with Gasteiger partial charge in [0.05, 0.1) is 6.04 Å². The van der Waals surface area contributed by atoms with Crippen LogP contribution >= 0.6 is 0 Å². The van der Waals surface area contributed by atoms with Crippen molar-refractivity contribution < 1.29 is 13.2 Å². The summed E-state index contributed by atoms with van der Waals surface area (Å²) >= 11 is 0. The molecular weight excluding hydrogens is 348 g/mol. The number of nitrogens with one attached hydrogen (secondary N) is 1. The summed E-state index contributed by atoms with van der Waals surface area (Å²) in [6.07, 6.45) is 6.68. The highest BCUT2D eigenvalue weighted by molar-refractivity contribution is 7.92. The molecule has 1 fully saturated rings. The van der Waals surface area contributed by atoms with E-state index in [1.807, 2.05) is 43.3 Å². The smallest absolute Gasteiger partial charge is 0.234 e. The Morgan fingerprint density at radius 2 is 1.92 bits per heavy atom. The molecule has 2 aromatic rings. The Labute approximate surface area is 155 Å². The van der Waals surface area contributed by atoms with Gasteiger partial charge >= 0.3 is 0 Å². The Bertz CT molecular complexity index is 827. The Kier molecular flexibility index (Phi) is 6.19. The molecule has 0 spiro atoms. The minimum atomic E-state index is -3.59. The van der Waals surface area contributed by atoms with E-state index in [1.165, 1.54) is 5.41 Å². The molecule has 1 aliphatic heterocycles. The van der Waals surface area contributed by atoms with Crippen LogP contribution < -0.4 is 4.72 Å². The lowest BCUT2D eigenvalue weighted by molar-refractivity contribution is 0.0564. The van der Waals surface area contributed by atoms with E-state index < -0.39 is 10.0 Å². The van der Waals surface area contributed by atoms with Gasteiger partial charge in [-0.15, -0.1) is 0 Å². The van der Waals surface area contributed by atoms with Crippen molar-refractivity contribution in [3.05, 3.63) is 70.9 Å². The maximum Gasteiger partial charge on any atom is 0.234 e. The number of nitrogens with zero attached hydrogens (tertiary/aromatic N) is 1. The Morgan fingerprint density at radius 3 is 2.58 bits per heavy atom. The summed E-state index contributed by atoms with van der Waals surface area (Å²) in [7, 11) is -3.59. The van der Waals surface area contributed by atoms with Crippen LogP contribution in [0.2, 0.25) is 0 Å². The van der Waals surface area contributed by atoms with Crippen molar-refractivity contribution in [2.45, 2.75) is 25.8 Å². The molecule has 1 atom stereocenters. The van der Waals surface area contributed by atoms with Gasteiger partial charge < -0.3 is 4.74 Å². The molecule has 0 aliphatic carbocycles. The summed E-state index contributed by atoms with van der Waals surface area (Å²) < 4.78 is 33.6. The maximum absolute atomic E-state index is 12.6. The van der Waals surface area contributed by atoms with Crippen molar-refractivity contribution in [1.82, 2.24) is 9.71 Å². The number of rotatable bonds is 6. The van der Waals surface area contributed by atoms with Gasteiger partial charge in [0.25, 0.3) is 0 Å². The zero-order chi connectivity index (χ0) is 18.4. The van der Waals surface area contributed by atoms with Gasteiger partial charge in [-0.3, -0.25) is 4.98 Å². The van der Waals surface area contributed by atoms with Crippen LogP contribution in [0.5, 0.6) is 0 Å². The third-order valence-electron chi connectivity index (χ3n) is 4.59. The van der Waals surface area contributed by atoms with Crippen LogP contribution in [0.1, 0.15) is 35.6 Å². The van der Waals surface area contributed by atoms with E-state index in [1.54, 1.807) is 18.5 Å². The second-order valence-electron chi connectivity index (χ2n) is 6.59. The molecule has 2 heterocycles. The van der Waals surface area contributed by atoms with Crippen LogP contribution in [0, 0.1) is 12.8 Å². The number of sulfonamides is 1. The van der Waals surface area contributed by atoms with E-state index in [9.17, 15) is 8.42 Å². The van der Waals surface area contributed by atoms with Gasteiger partial charge in [0, 0.05) is 31.0 Å². The first-order valence-corrected chi connectivity index (χ1v) is 10.3. The molecule has 1 aliphatic rings. The number of aryl methyl sites for hydroxylation is 1. The second-order valence-corrected chi connectivity index (χ2v) is 8.19. The molecule has 138 valence electrons. The van der Waals surface area contributed by atoms with Gasteiger partial charge in [-0.2, -0.15) is 0 Å². The zero-order valence-corrected chi connectivity index (χ0v) is 15.7. The first-order chi connectivity index (χ1) is 12.5. The van der Waals surface area contributed by atoms with E-state index in [-0.39, 0.29) is 12.0 Å². The third-order valence-corrected chi connectivity index (χ3v) is 5.67. The van der Waals surface area contributed by atoms with E-state index in [4.69, 9.17) is 4.74 Å². The molecule has 1 unspecified atom stereocenters. The second kappa shape index (κ2) is 8.58. The maximum atomic E-state index is 12.6. The van der Waals surface area contributed by atoms with Gasteiger partial charge in [-0.25, -0.2) is 13.1 Å². The summed E-state index contributed by atoms with van der Waals surface area (Å²) in [6.45, 7) is 3.31. The minimum Gasteiger partial charge on any atom is -0.381 e. The largest absolute Gasteiger partial charge is 0.381 e. The van der Waals surface area contributed by atoms with Crippen molar-refractivity contribution in [3.63, 3.8) is 0 Å². The fourth-order valence-corrected chi connectivity index (χ4v) is 4.20. The predicted octanol–water partition coefficient (Wildman–Crippen LogP) is 3.45. The van der Waals surface area contributed by atoms with Crippen LogP contribution in [-0.4, -0.2) is 26.6 Å². The fraction of sp³-hybridized carbons (Fsp3) is 0.350. The molecule has 1 aromatic carbocycles.